The van der Waals surface area contributed by atoms with Gasteiger partial charge in [0.1, 0.15) is 0 Å². The smallest absolute Gasteiger partial charge is 0.261 e. The van der Waals surface area contributed by atoms with Crippen LogP contribution in [0.5, 0.6) is 0 Å². The van der Waals surface area contributed by atoms with Gasteiger partial charge in [0.25, 0.3) is 17.7 Å². The van der Waals surface area contributed by atoms with Crippen molar-refractivity contribution in [1.29, 1.82) is 0 Å². The third kappa shape index (κ3) is 3.90. The van der Waals surface area contributed by atoms with E-state index in [4.69, 9.17) is 4.74 Å². The Kier molecular flexibility index (Phi) is 5.66. The zero-order chi connectivity index (χ0) is 19.4. The lowest BCUT2D eigenvalue weighted by molar-refractivity contribution is 0.0638. The van der Waals surface area contributed by atoms with Crippen LogP contribution in [0.4, 0.5) is 0 Å². The molecular formula is C21H22N2O4. The molecule has 1 aliphatic rings. The van der Waals surface area contributed by atoms with Gasteiger partial charge in [-0.3, -0.25) is 19.3 Å². The van der Waals surface area contributed by atoms with Gasteiger partial charge in [-0.1, -0.05) is 24.3 Å². The van der Waals surface area contributed by atoms with E-state index in [1.165, 1.54) is 11.0 Å². The van der Waals surface area contributed by atoms with E-state index in [2.05, 4.69) is 5.32 Å². The van der Waals surface area contributed by atoms with Crippen molar-refractivity contribution in [2.24, 2.45) is 0 Å². The first-order chi connectivity index (χ1) is 13.0. The summed E-state index contributed by atoms with van der Waals surface area (Å²) in [5, 5.41) is 2.86. The Morgan fingerprint density at radius 2 is 1.81 bits per heavy atom. The number of nitrogens with one attached hydrogen (secondary N) is 1. The molecule has 0 fully saturated rings. The Morgan fingerprint density at radius 3 is 2.56 bits per heavy atom. The fourth-order valence-corrected chi connectivity index (χ4v) is 3.09. The van der Waals surface area contributed by atoms with Crippen molar-refractivity contribution in [3.05, 3.63) is 70.3 Å². The molecule has 6 nitrogen and oxygen atoms in total. The molecule has 0 aliphatic carbocycles. The van der Waals surface area contributed by atoms with Gasteiger partial charge in [0.15, 0.2) is 0 Å². The van der Waals surface area contributed by atoms with Crippen LogP contribution >= 0.6 is 0 Å². The molecule has 0 saturated heterocycles. The minimum Gasteiger partial charge on any atom is -0.385 e. The Labute approximate surface area is 158 Å². The summed E-state index contributed by atoms with van der Waals surface area (Å²) in [6.45, 7) is 3.16. The zero-order valence-corrected chi connectivity index (χ0v) is 15.5. The SMILES string of the molecule is COCCCN1C(=O)c2ccc(C(=O)NCc3ccccc3C)cc2C1=O. The Balaban J connectivity index is 1.71. The average Bonchev–Trinajstić information content (AvgIpc) is 2.91. The molecule has 0 aromatic heterocycles. The molecule has 1 N–H and O–H groups in total. The number of rotatable bonds is 7. The summed E-state index contributed by atoms with van der Waals surface area (Å²) >= 11 is 0. The number of carbonyl (C=O) groups excluding carboxylic acids is 3. The number of amides is 3. The maximum absolute atomic E-state index is 12.5. The molecule has 140 valence electrons. The van der Waals surface area contributed by atoms with Crippen molar-refractivity contribution >= 4 is 17.7 Å². The largest absolute Gasteiger partial charge is 0.385 e. The highest BCUT2D eigenvalue weighted by Gasteiger charge is 2.35. The quantitative estimate of drug-likeness (QED) is 0.604. The molecule has 2 aromatic carbocycles. The molecule has 0 radical (unpaired) electrons. The lowest BCUT2D eigenvalue weighted by Crippen LogP contribution is -2.31. The first kappa shape index (κ1) is 18.8. The molecular weight excluding hydrogens is 344 g/mol. The van der Waals surface area contributed by atoms with Gasteiger partial charge in [0, 0.05) is 32.4 Å². The average molecular weight is 366 g/mol. The standard InChI is InChI=1S/C21H22N2O4/c1-14-6-3-4-7-16(14)13-22-19(24)15-8-9-17-18(12-15)21(26)23(20(17)25)10-5-11-27-2/h3-4,6-9,12H,5,10-11,13H2,1-2H3,(H,22,24). The summed E-state index contributed by atoms with van der Waals surface area (Å²) in [5.74, 6) is -0.961. The lowest BCUT2D eigenvalue weighted by Gasteiger charge is -2.12. The van der Waals surface area contributed by atoms with Crippen LogP contribution in [-0.2, 0) is 11.3 Å². The maximum Gasteiger partial charge on any atom is 0.261 e. The Morgan fingerprint density at radius 1 is 1.07 bits per heavy atom. The molecule has 1 aliphatic heterocycles. The highest BCUT2D eigenvalue weighted by Crippen LogP contribution is 2.24. The molecule has 0 saturated carbocycles. The van der Waals surface area contributed by atoms with E-state index >= 15 is 0 Å². The van der Waals surface area contributed by atoms with Crippen LogP contribution in [0.25, 0.3) is 0 Å². The Bertz CT molecular complexity index is 892. The topological polar surface area (TPSA) is 75.7 Å². The van der Waals surface area contributed by atoms with Gasteiger partial charge in [0.2, 0.25) is 0 Å². The minimum atomic E-state index is -0.361. The van der Waals surface area contributed by atoms with Gasteiger partial charge in [-0.05, 0) is 42.7 Å². The second-order valence-corrected chi connectivity index (χ2v) is 6.48. The number of imide groups is 1. The van der Waals surface area contributed by atoms with Crippen molar-refractivity contribution < 1.29 is 19.1 Å². The molecule has 3 amide bonds. The third-order valence-electron chi connectivity index (χ3n) is 4.66. The molecule has 1 heterocycles. The van der Waals surface area contributed by atoms with Crippen molar-refractivity contribution in [1.82, 2.24) is 10.2 Å². The predicted octanol–water partition coefficient (Wildman–Crippen LogP) is 2.56. The van der Waals surface area contributed by atoms with E-state index in [0.717, 1.165) is 11.1 Å². The van der Waals surface area contributed by atoms with Crippen LogP contribution < -0.4 is 5.32 Å². The van der Waals surface area contributed by atoms with Crippen molar-refractivity contribution in [2.45, 2.75) is 19.9 Å². The van der Waals surface area contributed by atoms with E-state index in [1.54, 1.807) is 19.2 Å². The number of methoxy groups -OCH3 is 1. The van der Waals surface area contributed by atoms with E-state index in [9.17, 15) is 14.4 Å². The second kappa shape index (κ2) is 8.14. The van der Waals surface area contributed by atoms with Gasteiger partial charge in [-0.2, -0.15) is 0 Å². The monoisotopic (exact) mass is 366 g/mol. The second-order valence-electron chi connectivity index (χ2n) is 6.48. The highest BCUT2D eigenvalue weighted by atomic mass is 16.5. The summed E-state index contributed by atoms with van der Waals surface area (Å²) in [6.07, 6.45) is 0.575. The van der Waals surface area contributed by atoms with Crippen LogP contribution in [0, 0.1) is 6.92 Å². The van der Waals surface area contributed by atoms with Gasteiger partial charge < -0.3 is 10.1 Å². The third-order valence-corrected chi connectivity index (χ3v) is 4.66. The fourth-order valence-electron chi connectivity index (χ4n) is 3.09. The first-order valence-corrected chi connectivity index (χ1v) is 8.85. The van der Waals surface area contributed by atoms with Crippen LogP contribution in [0.2, 0.25) is 0 Å². The first-order valence-electron chi connectivity index (χ1n) is 8.85. The fraction of sp³-hybridized carbons (Fsp3) is 0.286. The number of nitrogens with zero attached hydrogens (tertiary/aromatic N) is 1. The molecule has 2 aromatic rings. The molecule has 0 spiro atoms. The molecule has 0 atom stereocenters. The van der Waals surface area contributed by atoms with Gasteiger partial charge in [-0.25, -0.2) is 0 Å². The predicted molar refractivity (Wildman–Crippen MR) is 101 cm³/mol. The number of hydrogen-bond acceptors (Lipinski definition) is 4. The number of aryl methyl sites for hydroxylation is 1. The normalized spacial score (nSPS) is 13.0. The van der Waals surface area contributed by atoms with E-state index < -0.39 is 0 Å². The van der Waals surface area contributed by atoms with Crippen LogP contribution in [-0.4, -0.2) is 42.9 Å². The van der Waals surface area contributed by atoms with Gasteiger partial charge in [-0.15, -0.1) is 0 Å². The molecule has 27 heavy (non-hydrogen) atoms. The van der Waals surface area contributed by atoms with Crippen LogP contribution in [0.1, 0.15) is 48.6 Å². The maximum atomic E-state index is 12.5. The summed E-state index contributed by atoms with van der Waals surface area (Å²) in [5.41, 5.74) is 3.11. The van der Waals surface area contributed by atoms with Crippen molar-refractivity contribution in [3.8, 4) is 0 Å². The van der Waals surface area contributed by atoms with Gasteiger partial charge in [0.05, 0.1) is 11.1 Å². The minimum absolute atomic E-state index is 0.279. The Hall–Kier alpha value is -2.99. The number of fused-ring (bicyclic) bond motifs is 1. The number of hydrogen-bond donors (Lipinski definition) is 1. The van der Waals surface area contributed by atoms with Crippen LogP contribution in [0.15, 0.2) is 42.5 Å². The molecule has 3 rings (SSSR count). The summed E-state index contributed by atoms with van der Waals surface area (Å²) in [6, 6.07) is 12.4. The van der Waals surface area contributed by atoms with Crippen LogP contribution in [0.3, 0.4) is 0 Å². The number of carbonyl (C=O) groups is 3. The highest BCUT2D eigenvalue weighted by molar-refractivity contribution is 6.22. The van der Waals surface area contributed by atoms with E-state index in [-0.39, 0.29) is 23.3 Å². The summed E-state index contributed by atoms with van der Waals surface area (Å²) in [4.78, 5) is 38.6. The number of ether oxygens (including phenoxy) is 1. The van der Waals surface area contributed by atoms with Crippen molar-refractivity contribution in [2.75, 3.05) is 20.3 Å². The summed E-state index contributed by atoms with van der Waals surface area (Å²) < 4.78 is 4.97. The lowest BCUT2D eigenvalue weighted by atomic mass is 10.0. The van der Waals surface area contributed by atoms with Gasteiger partial charge >= 0.3 is 0 Å². The van der Waals surface area contributed by atoms with Crippen molar-refractivity contribution in [3.63, 3.8) is 0 Å². The molecule has 0 bridgehead atoms. The van der Waals surface area contributed by atoms with E-state index in [0.29, 0.717) is 37.2 Å². The number of benzene rings is 2. The molecule has 6 heteroatoms. The summed E-state index contributed by atoms with van der Waals surface area (Å²) in [7, 11) is 1.57. The van der Waals surface area contributed by atoms with E-state index in [1.807, 2.05) is 31.2 Å². The molecule has 0 unspecified atom stereocenters. The zero-order valence-electron chi connectivity index (χ0n) is 15.5.